The molecule has 2 aliphatic heterocycles. The molecule has 0 aliphatic carbocycles. The molecular weight excluding hydrogens is 236 g/mol. The van der Waals surface area contributed by atoms with E-state index < -0.39 is 5.66 Å². The summed E-state index contributed by atoms with van der Waals surface area (Å²) in [7, 11) is 0. The zero-order valence-corrected chi connectivity index (χ0v) is 10.7. The molecule has 3 nitrogen and oxygen atoms in total. The first-order valence-electron chi connectivity index (χ1n) is 6.59. The van der Waals surface area contributed by atoms with Crippen molar-refractivity contribution in [1.29, 1.82) is 0 Å². The van der Waals surface area contributed by atoms with Crippen LogP contribution >= 0.6 is 0 Å². The van der Waals surface area contributed by atoms with Crippen molar-refractivity contribution < 1.29 is 4.79 Å². The Morgan fingerprint density at radius 2 is 1.84 bits per heavy atom. The molecule has 2 aromatic carbocycles. The van der Waals surface area contributed by atoms with Gasteiger partial charge in [-0.15, -0.1) is 0 Å². The third-order valence-electron chi connectivity index (χ3n) is 4.19. The molecule has 94 valence electrons. The summed E-state index contributed by atoms with van der Waals surface area (Å²) in [6.07, 6.45) is 0.838. The maximum absolute atomic E-state index is 12.7. The molecule has 0 radical (unpaired) electrons. The molecule has 0 saturated carbocycles. The number of anilines is 2. The number of carbonyl (C=O) groups excluding carboxylic acids is 1. The van der Waals surface area contributed by atoms with E-state index in [2.05, 4.69) is 18.3 Å². The minimum atomic E-state index is -0.405. The molecule has 1 N–H and O–H groups in total. The third-order valence-corrected chi connectivity index (χ3v) is 4.19. The molecule has 0 bridgehead atoms. The van der Waals surface area contributed by atoms with Crippen molar-refractivity contribution in [2.75, 3.05) is 10.2 Å². The van der Waals surface area contributed by atoms with Crippen LogP contribution in [0.5, 0.6) is 0 Å². The zero-order chi connectivity index (χ0) is 13.0. The van der Waals surface area contributed by atoms with Gasteiger partial charge in [0, 0.05) is 11.1 Å². The molecule has 0 saturated heterocycles. The van der Waals surface area contributed by atoms with Crippen LogP contribution in [0, 0.1) is 0 Å². The van der Waals surface area contributed by atoms with Gasteiger partial charge in [-0.1, -0.05) is 37.3 Å². The monoisotopic (exact) mass is 250 g/mol. The first-order chi connectivity index (χ1) is 9.28. The van der Waals surface area contributed by atoms with Gasteiger partial charge >= 0.3 is 0 Å². The van der Waals surface area contributed by atoms with E-state index >= 15 is 0 Å². The van der Waals surface area contributed by atoms with Crippen LogP contribution in [0.2, 0.25) is 0 Å². The van der Waals surface area contributed by atoms with Gasteiger partial charge in [0.15, 0.2) is 0 Å². The van der Waals surface area contributed by atoms with E-state index in [0.29, 0.717) is 0 Å². The molecule has 1 amide bonds. The van der Waals surface area contributed by atoms with Gasteiger partial charge in [-0.3, -0.25) is 9.69 Å². The van der Waals surface area contributed by atoms with Gasteiger partial charge in [0.2, 0.25) is 0 Å². The van der Waals surface area contributed by atoms with Crippen LogP contribution < -0.4 is 10.2 Å². The molecule has 1 unspecified atom stereocenters. The number of hydrogen-bond acceptors (Lipinski definition) is 2. The van der Waals surface area contributed by atoms with E-state index in [0.717, 1.165) is 28.9 Å². The maximum Gasteiger partial charge on any atom is 0.260 e. The Morgan fingerprint density at radius 1 is 1.11 bits per heavy atom. The number of fused-ring (bicyclic) bond motifs is 5. The molecule has 0 fully saturated rings. The second-order valence-corrected chi connectivity index (χ2v) is 5.04. The van der Waals surface area contributed by atoms with E-state index in [1.807, 2.05) is 47.4 Å². The lowest BCUT2D eigenvalue weighted by Gasteiger charge is -2.32. The highest BCUT2D eigenvalue weighted by atomic mass is 16.2. The average molecular weight is 250 g/mol. The van der Waals surface area contributed by atoms with Gasteiger partial charge < -0.3 is 5.32 Å². The normalized spacial score (nSPS) is 22.8. The lowest BCUT2D eigenvalue weighted by molar-refractivity contribution is 0.0983. The van der Waals surface area contributed by atoms with E-state index in [4.69, 9.17) is 0 Å². The highest BCUT2D eigenvalue weighted by Crippen LogP contribution is 2.52. The molecule has 2 aliphatic rings. The molecule has 3 heteroatoms. The largest absolute Gasteiger partial charge is 0.357 e. The predicted octanol–water partition coefficient (Wildman–Crippen LogP) is 3.34. The number of nitrogens with one attached hydrogen (secondary N) is 1. The Bertz CT molecular complexity index is 695. The van der Waals surface area contributed by atoms with Gasteiger partial charge in [-0.05, 0) is 24.6 Å². The molecule has 1 atom stereocenters. The van der Waals surface area contributed by atoms with Crippen molar-refractivity contribution in [2.45, 2.75) is 19.0 Å². The van der Waals surface area contributed by atoms with E-state index in [9.17, 15) is 4.79 Å². The highest BCUT2D eigenvalue weighted by molar-refractivity contribution is 6.15. The lowest BCUT2D eigenvalue weighted by Crippen LogP contribution is -2.44. The number of benzene rings is 2. The smallest absolute Gasteiger partial charge is 0.260 e. The topological polar surface area (TPSA) is 32.3 Å². The molecule has 2 heterocycles. The SMILES string of the molecule is CCC12Nc3ccccc3N1C(=O)c1ccccc12. The van der Waals surface area contributed by atoms with Crippen molar-refractivity contribution in [3.05, 3.63) is 59.7 Å². The quantitative estimate of drug-likeness (QED) is 0.842. The maximum atomic E-state index is 12.7. The Hall–Kier alpha value is -2.29. The molecule has 0 spiro atoms. The van der Waals surface area contributed by atoms with Gasteiger partial charge in [0.05, 0.1) is 11.4 Å². The van der Waals surface area contributed by atoms with E-state index in [1.165, 1.54) is 0 Å². The van der Waals surface area contributed by atoms with Crippen LogP contribution in [0.4, 0.5) is 11.4 Å². The first kappa shape index (κ1) is 10.6. The summed E-state index contributed by atoms with van der Waals surface area (Å²) in [5, 5.41) is 3.55. The van der Waals surface area contributed by atoms with Crippen molar-refractivity contribution >= 4 is 17.3 Å². The Kier molecular flexibility index (Phi) is 1.89. The second-order valence-electron chi connectivity index (χ2n) is 5.04. The summed E-state index contributed by atoms with van der Waals surface area (Å²) in [4.78, 5) is 14.6. The lowest BCUT2D eigenvalue weighted by atomic mass is 9.96. The van der Waals surface area contributed by atoms with Gasteiger partial charge in [-0.25, -0.2) is 0 Å². The van der Waals surface area contributed by atoms with Gasteiger partial charge in [0.25, 0.3) is 5.91 Å². The van der Waals surface area contributed by atoms with Crippen LogP contribution in [-0.4, -0.2) is 5.91 Å². The predicted molar refractivity (Wildman–Crippen MR) is 75.3 cm³/mol. The molecular formula is C16H14N2O. The minimum absolute atomic E-state index is 0.0925. The standard InChI is InChI=1S/C16H14N2O/c1-2-16-12-8-4-3-7-11(12)15(19)18(16)14-10-6-5-9-13(14)17-16/h3-10,17H,2H2,1H3. The number of carbonyl (C=O) groups is 1. The van der Waals surface area contributed by atoms with E-state index in [1.54, 1.807) is 0 Å². The summed E-state index contributed by atoms with van der Waals surface area (Å²) in [6, 6.07) is 15.9. The van der Waals surface area contributed by atoms with Gasteiger partial charge in [0.1, 0.15) is 5.66 Å². The number of hydrogen-bond donors (Lipinski definition) is 1. The average Bonchev–Trinajstić information content (AvgIpc) is 2.92. The molecule has 2 aromatic rings. The Morgan fingerprint density at radius 3 is 2.68 bits per heavy atom. The first-order valence-corrected chi connectivity index (χ1v) is 6.59. The fourth-order valence-electron chi connectivity index (χ4n) is 3.32. The van der Waals surface area contributed by atoms with Crippen LogP contribution in [0.25, 0.3) is 0 Å². The highest BCUT2D eigenvalue weighted by Gasteiger charge is 2.53. The summed E-state index contributed by atoms with van der Waals surface area (Å²) in [5.41, 5.74) is 3.50. The van der Waals surface area contributed by atoms with Crippen molar-refractivity contribution in [1.82, 2.24) is 0 Å². The van der Waals surface area contributed by atoms with Crippen LogP contribution in [-0.2, 0) is 5.66 Å². The van der Waals surface area contributed by atoms with Gasteiger partial charge in [-0.2, -0.15) is 0 Å². The van der Waals surface area contributed by atoms with Crippen molar-refractivity contribution in [3.8, 4) is 0 Å². The summed E-state index contributed by atoms with van der Waals surface area (Å²) in [5.74, 6) is 0.0925. The molecule has 4 rings (SSSR count). The van der Waals surface area contributed by atoms with E-state index in [-0.39, 0.29) is 5.91 Å². The molecule has 0 aromatic heterocycles. The van der Waals surface area contributed by atoms with Crippen molar-refractivity contribution in [3.63, 3.8) is 0 Å². The molecule has 19 heavy (non-hydrogen) atoms. The fourth-order valence-corrected chi connectivity index (χ4v) is 3.32. The Balaban J connectivity index is 2.02. The van der Waals surface area contributed by atoms with Crippen molar-refractivity contribution in [2.24, 2.45) is 0 Å². The number of amides is 1. The number of nitrogens with zero attached hydrogens (tertiary/aromatic N) is 1. The van der Waals surface area contributed by atoms with Crippen LogP contribution in [0.3, 0.4) is 0 Å². The summed E-state index contributed by atoms with van der Waals surface area (Å²) >= 11 is 0. The fraction of sp³-hybridized carbons (Fsp3) is 0.188. The van der Waals surface area contributed by atoms with Crippen LogP contribution in [0.1, 0.15) is 29.3 Å². The third kappa shape index (κ3) is 1.10. The summed E-state index contributed by atoms with van der Waals surface area (Å²) in [6.45, 7) is 2.11. The van der Waals surface area contributed by atoms with Crippen LogP contribution in [0.15, 0.2) is 48.5 Å². The zero-order valence-electron chi connectivity index (χ0n) is 10.7. The minimum Gasteiger partial charge on any atom is -0.357 e. The number of para-hydroxylation sites is 2. The summed E-state index contributed by atoms with van der Waals surface area (Å²) < 4.78 is 0. The second kappa shape index (κ2) is 3.38. The Labute approximate surface area is 111 Å². The number of rotatable bonds is 1.